The van der Waals surface area contributed by atoms with Gasteiger partial charge in [-0.15, -0.1) is 0 Å². The second-order valence-corrected chi connectivity index (χ2v) is 10.7. The first-order chi connectivity index (χ1) is 18.4. The van der Waals surface area contributed by atoms with Crippen molar-refractivity contribution in [1.29, 1.82) is 0 Å². The van der Waals surface area contributed by atoms with Crippen LogP contribution in [0.1, 0.15) is 32.0 Å². The van der Waals surface area contributed by atoms with E-state index in [1.807, 2.05) is 20.8 Å². The average molecular weight is 575 g/mol. The van der Waals surface area contributed by atoms with E-state index < -0.39 is 16.6 Å². The Hall–Kier alpha value is -3.90. The average Bonchev–Trinajstić information content (AvgIpc) is 2.85. The summed E-state index contributed by atoms with van der Waals surface area (Å²) in [6, 6.07) is 7.94. The van der Waals surface area contributed by atoms with Crippen molar-refractivity contribution in [1.82, 2.24) is 19.9 Å². The number of nitrogens with two attached hydrogens (primary N) is 1. The number of hydrogen-bond acceptors (Lipinski definition) is 10. The van der Waals surface area contributed by atoms with Crippen LogP contribution in [0.25, 0.3) is 11.3 Å². The molecule has 1 aromatic carbocycles. The maximum atomic E-state index is 12.8. The van der Waals surface area contributed by atoms with Gasteiger partial charge in [-0.05, 0) is 45.0 Å². The van der Waals surface area contributed by atoms with Crippen molar-refractivity contribution in [3.63, 3.8) is 0 Å². The van der Waals surface area contributed by atoms with E-state index in [0.717, 1.165) is 11.3 Å². The predicted octanol–water partition coefficient (Wildman–Crippen LogP) is 5.15. The summed E-state index contributed by atoms with van der Waals surface area (Å²) in [5.41, 5.74) is 7.62. The van der Waals surface area contributed by atoms with Crippen LogP contribution in [0.5, 0.6) is 0 Å². The number of anilines is 3. The Bertz CT molecular complexity index is 1410. The highest BCUT2D eigenvalue weighted by Crippen LogP contribution is 2.35. The Morgan fingerprint density at radius 3 is 2.56 bits per heavy atom. The normalized spacial score (nSPS) is 13.0. The van der Waals surface area contributed by atoms with Crippen LogP contribution in [-0.4, -0.2) is 56.1 Å². The van der Waals surface area contributed by atoms with Gasteiger partial charge in [0.25, 0.3) is 0 Å². The highest BCUT2D eigenvalue weighted by atomic mass is 35.5. The summed E-state index contributed by atoms with van der Waals surface area (Å²) >= 11 is 12.7. The van der Waals surface area contributed by atoms with Gasteiger partial charge in [-0.25, -0.2) is 19.7 Å². The molecule has 1 aliphatic heterocycles. The van der Waals surface area contributed by atoms with E-state index in [2.05, 4.69) is 15.6 Å². The van der Waals surface area contributed by atoms with Gasteiger partial charge in [0.15, 0.2) is 0 Å². The molecule has 14 heteroatoms. The van der Waals surface area contributed by atoms with Crippen LogP contribution >= 0.6 is 23.2 Å². The number of nitrogens with zero attached hydrogens (tertiary/aromatic N) is 5. The number of nitrogen functional groups attached to an aromatic ring is 1. The topological polar surface area (TPSA) is 161 Å². The third-order valence-electron chi connectivity index (χ3n) is 5.71. The largest absolute Gasteiger partial charge is 0.444 e. The molecule has 0 unspecified atom stereocenters. The smallest absolute Gasteiger partial charge is 0.410 e. The van der Waals surface area contributed by atoms with E-state index in [1.165, 1.54) is 12.1 Å². The van der Waals surface area contributed by atoms with Gasteiger partial charge < -0.3 is 26.0 Å². The number of nitrogens with one attached hydrogen (secondary N) is 2. The lowest BCUT2D eigenvalue weighted by Gasteiger charge is -2.31. The monoisotopic (exact) mass is 574 g/mol. The number of hydrogen-bond donors (Lipinski definition) is 3. The van der Waals surface area contributed by atoms with Crippen LogP contribution in [0.3, 0.4) is 0 Å². The third-order valence-corrected chi connectivity index (χ3v) is 6.26. The van der Waals surface area contributed by atoms with Crippen LogP contribution < -0.4 is 16.4 Å². The molecular weight excluding hydrogens is 547 g/mol. The summed E-state index contributed by atoms with van der Waals surface area (Å²) in [7, 11) is 0. The molecular formula is C25H28Cl2N8O4. The molecule has 1 amide bonds. The van der Waals surface area contributed by atoms with Gasteiger partial charge in [-0.2, -0.15) is 0 Å². The summed E-state index contributed by atoms with van der Waals surface area (Å²) in [5.74, 6) is 0.626. The maximum absolute atomic E-state index is 12.8. The fourth-order valence-corrected chi connectivity index (χ4v) is 4.46. The van der Waals surface area contributed by atoms with Gasteiger partial charge in [0, 0.05) is 48.3 Å². The van der Waals surface area contributed by atoms with Crippen LogP contribution in [0, 0.1) is 10.1 Å². The molecule has 0 saturated heterocycles. The van der Waals surface area contributed by atoms with Crippen molar-refractivity contribution < 1.29 is 14.5 Å². The number of nitro groups is 1. The van der Waals surface area contributed by atoms with Crippen molar-refractivity contribution in [3.05, 3.63) is 61.7 Å². The van der Waals surface area contributed by atoms with Crippen molar-refractivity contribution >= 4 is 52.6 Å². The number of rotatable bonds is 7. The zero-order valence-electron chi connectivity index (χ0n) is 21.6. The molecule has 2 aromatic heterocycles. The lowest BCUT2D eigenvalue weighted by molar-refractivity contribution is -0.384. The molecule has 0 radical (unpaired) electrons. The molecule has 1 aliphatic rings. The number of carbonyl (C=O) groups excluding carboxylic acids is 1. The highest BCUT2D eigenvalue weighted by molar-refractivity contribution is 6.36. The standard InChI is InChI=1S/C25H28Cl2N8O4/c1-25(2,3)39-24(36)34-11-8-18-16(13-34)21(15-5-4-14(26)12-17(15)27)33-23(31-18)30-10-9-29-20-7-6-19(35(37)38)22(28)32-20/h4-7,12H,8-11,13H2,1-3H3,(H3,28,29,32)(H,30,31,33). The number of benzene rings is 1. The quantitative estimate of drug-likeness (QED) is 0.195. The van der Waals surface area contributed by atoms with Gasteiger partial charge >= 0.3 is 11.8 Å². The summed E-state index contributed by atoms with van der Waals surface area (Å²) in [6.45, 7) is 7.01. The van der Waals surface area contributed by atoms with Gasteiger partial charge in [-0.3, -0.25) is 10.1 Å². The highest BCUT2D eigenvalue weighted by Gasteiger charge is 2.29. The maximum Gasteiger partial charge on any atom is 0.410 e. The minimum absolute atomic E-state index is 0.166. The Labute approximate surface area is 235 Å². The second kappa shape index (κ2) is 11.5. The van der Waals surface area contributed by atoms with Crippen molar-refractivity contribution in [3.8, 4) is 11.3 Å². The van der Waals surface area contributed by atoms with E-state index in [0.29, 0.717) is 59.1 Å². The molecule has 39 heavy (non-hydrogen) atoms. The molecule has 206 valence electrons. The number of pyridine rings is 1. The van der Waals surface area contributed by atoms with E-state index in [1.54, 1.807) is 23.1 Å². The molecule has 12 nitrogen and oxygen atoms in total. The molecule has 3 heterocycles. The predicted molar refractivity (Wildman–Crippen MR) is 150 cm³/mol. The van der Waals surface area contributed by atoms with E-state index in [9.17, 15) is 14.9 Å². The summed E-state index contributed by atoms with van der Waals surface area (Å²) in [6.07, 6.45) is 0.101. The van der Waals surface area contributed by atoms with Gasteiger partial charge in [-0.1, -0.05) is 23.2 Å². The summed E-state index contributed by atoms with van der Waals surface area (Å²) in [4.78, 5) is 38.2. The van der Waals surface area contributed by atoms with Gasteiger partial charge in [0.2, 0.25) is 11.8 Å². The van der Waals surface area contributed by atoms with Crippen molar-refractivity contribution in [2.24, 2.45) is 0 Å². The Balaban J connectivity index is 1.54. The fraction of sp³-hybridized carbons (Fsp3) is 0.360. The molecule has 0 bridgehead atoms. The number of halogens is 2. The zero-order chi connectivity index (χ0) is 28.3. The molecule has 4 N–H and O–H groups in total. The van der Waals surface area contributed by atoms with Crippen LogP contribution in [0.4, 0.5) is 28.1 Å². The van der Waals surface area contributed by atoms with Crippen LogP contribution in [-0.2, 0) is 17.7 Å². The third kappa shape index (κ3) is 6.95. The lowest BCUT2D eigenvalue weighted by atomic mass is 9.99. The number of fused-ring (bicyclic) bond motifs is 1. The fourth-order valence-electron chi connectivity index (χ4n) is 3.97. The number of amides is 1. The van der Waals surface area contributed by atoms with Gasteiger partial charge in [0.05, 0.1) is 27.9 Å². The number of aromatic nitrogens is 3. The first-order valence-electron chi connectivity index (χ1n) is 12.1. The summed E-state index contributed by atoms with van der Waals surface area (Å²) in [5, 5.41) is 18.1. The van der Waals surface area contributed by atoms with Crippen LogP contribution in [0.15, 0.2) is 30.3 Å². The number of ether oxygens (including phenoxy) is 1. The molecule has 0 spiro atoms. The summed E-state index contributed by atoms with van der Waals surface area (Å²) < 4.78 is 5.57. The minimum Gasteiger partial charge on any atom is -0.444 e. The molecule has 0 atom stereocenters. The SMILES string of the molecule is CC(C)(C)OC(=O)N1CCc2nc(NCCNc3ccc([N+](=O)[O-])c(N)n3)nc(-c3ccc(Cl)cc3Cl)c2C1. The minimum atomic E-state index is -0.617. The molecule has 0 saturated carbocycles. The Morgan fingerprint density at radius 2 is 1.90 bits per heavy atom. The Morgan fingerprint density at radius 1 is 1.15 bits per heavy atom. The first kappa shape index (κ1) is 28.1. The molecule has 0 fully saturated rings. The lowest BCUT2D eigenvalue weighted by Crippen LogP contribution is -2.40. The molecule has 4 rings (SSSR count). The number of carbonyl (C=O) groups is 1. The zero-order valence-corrected chi connectivity index (χ0v) is 23.1. The molecule has 3 aromatic rings. The van der Waals surface area contributed by atoms with E-state index in [-0.39, 0.29) is 18.1 Å². The van der Waals surface area contributed by atoms with Crippen LogP contribution in [0.2, 0.25) is 10.0 Å². The first-order valence-corrected chi connectivity index (χ1v) is 12.9. The Kier molecular flexibility index (Phi) is 8.26. The van der Waals surface area contributed by atoms with Crippen molar-refractivity contribution in [2.75, 3.05) is 36.0 Å². The van der Waals surface area contributed by atoms with E-state index in [4.69, 9.17) is 43.6 Å². The molecule has 0 aliphatic carbocycles. The van der Waals surface area contributed by atoms with Gasteiger partial charge in [0.1, 0.15) is 11.4 Å². The van der Waals surface area contributed by atoms with E-state index >= 15 is 0 Å². The second-order valence-electron chi connectivity index (χ2n) is 9.81. The van der Waals surface area contributed by atoms with Crippen molar-refractivity contribution in [2.45, 2.75) is 39.3 Å².